The van der Waals surface area contributed by atoms with E-state index in [0.717, 1.165) is 31.6 Å². The van der Waals surface area contributed by atoms with Crippen LogP contribution in [0.5, 0.6) is 0 Å². The van der Waals surface area contributed by atoms with E-state index < -0.39 is 5.54 Å². The van der Waals surface area contributed by atoms with Gasteiger partial charge in [-0.1, -0.05) is 16.1 Å². The molecule has 0 unspecified atom stereocenters. The molecule has 3 amide bonds. The number of hydrogen-bond donors (Lipinski definition) is 1. The average Bonchev–Trinajstić information content (AvgIpc) is 2.98. The summed E-state index contributed by atoms with van der Waals surface area (Å²) in [4.78, 5) is 27.6. The SMILES string of the molecule is CN1C(=O)N[C@](C)([C@H]2CCCN(Cc3nnsc3Cl)C2)C1=O. The predicted molar refractivity (Wildman–Crippen MR) is 82.6 cm³/mol. The molecule has 0 bridgehead atoms. The van der Waals surface area contributed by atoms with Crippen molar-refractivity contribution in [2.24, 2.45) is 5.92 Å². The number of aromatic nitrogens is 2. The van der Waals surface area contributed by atoms with Crippen molar-refractivity contribution < 1.29 is 9.59 Å². The number of likely N-dealkylation sites (tertiary alicyclic amines) is 1. The predicted octanol–water partition coefficient (Wildman–Crippen LogP) is 1.34. The van der Waals surface area contributed by atoms with Gasteiger partial charge >= 0.3 is 6.03 Å². The number of carbonyl (C=O) groups is 2. The molecule has 2 atom stereocenters. The van der Waals surface area contributed by atoms with Crippen LogP contribution in [-0.4, -0.2) is 57.0 Å². The van der Waals surface area contributed by atoms with Gasteiger partial charge in [0.1, 0.15) is 15.6 Å². The highest BCUT2D eigenvalue weighted by atomic mass is 35.5. The summed E-state index contributed by atoms with van der Waals surface area (Å²) >= 11 is 7.24. The zero-order valence-electron chi connectivity index (χ0n) is 12.5. The highest BCUT2D eigenvalue weighted by Gasteiger charge is 2.51. The van der Waals surface area contributed by atoms with Gasteiger partial charge in [0.05, 0.1) is 0 Å². The maximum Gasteiger partial charge on any atom is 0.324 e. The molecule has 2 fully saturated rings. The number of piperidine rings is 1. The van der Waals surface area contributed by atoms with E-state index in [1.165, 1.54) is 23.5 Å². The Kier molecular flexibility index (Phi) is 4.09. The van der Waals surface area contributed by atoms with E-state index in [2.05, 4.69) is 19.8 Å². The number of halogens is 1. The van der Waals surface area contributed by atoms with Gasteiger partial charge in [-0.3, -0.25) is 14.6 Å². The smallest absolute Gasteiger partial charge is 0.323 e. The molecule has 3 rings (SSSR count). The van der Waals surface area contributed by atoms with Gasteiger partial charge in [0.25, 0.3) is 5.91 Å². The van der Waals surface area contributed by atoms with E-state index in [4.69, 9.17) is 11.6 Å². The molecule has 0 saturated carbocycles. The topological polar surface area (TPSA) is 78.4 Å². The number of urea groups is 1. The highest BCUT2D eigenvalue weighted by Crippen LogP contribution is 2.32. The lowest BCUT2D eigenvalue weighted by atomic mass is 9.80. The van der Waals surface area contributed by atoms with E-state index in [1.807, 2.05) is 6.92 Å². The van der Waals surface area contributed by atoms with Gasteiger partial charge in [-0.25, -0.2) is 4.79 Å². The molecular formula is C13H18ClN5O2S. The summed E-state index contributed by atoms with van der Waals surface area (Å²) in [6, 6.07) is -0.323. The Morgan fingerprint density at radius 1 is 1.50 bits per heavy atom. The second kappa shape index (κ2) is 5.75. The number of nitrogens with one attached hydrogen (secondary N) is 1. The number of carbonyl (C=O) groups excluding carboxylic acids is 2. The number of likely N-dealkylation sites (N-methyl/N-ethyl adjacent to an activating group) is 1. The molecule has 3 heterocycles. The van der Waals surface area contributed by atoms with Crippen LogP contribution in [0.25, 0.3) is 0 Å². The van der Waals surface area contributed by atoms with Crippen LogP contribution in [0.2, 0.25) is 4.34 Å². The Morgan fingerprint density at radius 2 is 2.27 bits per heavy atom. The number of nitrogens with zero attached hydrogens (tertiary/aromatic N) is 4. The molecule has 2 aliphatic rings. The molecule has 1 aromatic rings. The van der Waals surface area contributed by atoms with Crippen molar-refractivity contribution in [1.82, 2.24) is 24.7 Å². The normalized spacial score (nSPS) is 30.0. The summed E-state index contributed by atoms with van der Waals surface area (Å²) in [6.45, 7) is 4.10. The molecule has 0 aliphatic carbocycles. The van der Waals surface area contributed by atoms with Gasteiger partial charge in [-0.05, 0) is 26.3 Å². The molecule has 0 radical (unpaired) electrons. The third-order valence-electron chi connectivity index (χ3n) is 4.62. The van der Waals surface area contributed by atoms with Crippen LogP contribution in [0.15, 0.2) is 0 Å². The fraction of sp³-hybridized carbons (Fsp3) is 0.692. The molecule has 0 aromatic carbocycles. The number of rotatable bonds is 3. The van der Waals surface area contributed by atoms with Crippen molar-refractivity contribution in [3.63, 3.8) is 0 Å². The number of amides is 3. The molecule has 2 saturated heterocycles. The third-order valence-corrected chi connectivity index (χ3v) is 5.61. The number of imide groups is 1. The Morgan fingerprint density at radius 3 is 2.86 bits per heavy atom. The van der Waals surface area contributed by atoms with Crippen LogP contribution in [-0.2, 0) is 11.3 Å². The largest absolute Gasteiger partial charge is 0.324 e. The monoisotopic (exact) mass is 343 g/mol. The molecule has 7 nitrogen and oxygen atoms in total. The van der Waals surface area contributed by atoms with Gasteiger partial charge in [-0.15, -0.1) is 5.10 Å². The van der Waals surface area contributed by atoms with Crippen LogP contribution in [0, 0.1) is 5.92 Å². The molecule has 22 heavy (non-hydrogen) atoms. The maximum atomic E-state index is 12.4. The summed E-state index contributed by atoms with van der Waals surface area (Å²) in [6.07, 6.45) is 1.89. The summed E-state index contributed by atoms with van der Waals surface area (Å²) < 4.78 is 4.45. The van der Waals surface area contributed by atoms with Crippen molar-refractivity contribution >= 4 is 35.1 Å². The van der Waals surface area contributed by atoms with Crippen LogP contribution in [0.3, 0.4) is 0 Å². The van der Waals surface area contributed by atoms with Gasteiger partial charge in [0, 0.05) is 37.6 Å². The molecule has 0 spiro atoms. The minimum absolute atomic E-state index is 0.0769. The lowest BCUT2D eigenvalue weighted by Crippen LogP contribution is -2.55. The Hall–Kier alpha value is -1.25. The van der Waals surface area contributed by atoms with Crippen molar-refractivity contribution in [3.8, 4) is 0 Å². The Balaban J connectivity index is 1.72. The Bertz CT molecular complexity index is 609. The molecule has 9 heteroatoms. The minimum Gasteiger partial charge on any atom is -0.323 e. The van der Waals surface area contributed by atoms with Crippen molar-refractivity contribution in [2.45, 2.75) is 31.8 Å². The first-order valence-electron chi connectivity index (χ1n) is 7.21. The van der Waals surface area contributed by atoms with Crippen LogP contribution in [0.1, 0.15) is 25.5 Å². The summed E-state index contributed by atoms with van der Waals surface area (Å²) in [5.41, 5.74) is -0.0504. The first-order chi connectivity index (χ1) is 10.4. The van der Waals surface area contributed by atoms with Crippen molar-refractivity contribution in [2.75, 3.05) is 20.1 Å². The van der Waals surface area contributed by atoms with Gasteiger partial charge in [0.2, 0.25) is 0 Å². The van der Waals surface area contributed by atoms with Crippen LogP contribution in [0.4, 0.5) is 4.79 Å². The van der Waals surface area contributed by atoms with E-state index in [1.54, 1.807) is 0 Å². The molecule has 2 aliphatic heterocycles. The summed E-state index contributed by atoms with van der Waals surface area (Å²) in [5.74, 6) is -0.0780. The maximum absolute atomic E-state index is 12.4. The zero-order chi connectivity index (χ0) is 15.9. The number of hydrogen-bond acceptors (Lipinski definition) is 6. The van der Waals surface area contributed by atoms with Gasteiger partial charge in [0.15, 0.2) is 0 Å². The van der Waals surface area contributed by atoms with Gasteiger partial charge < -0.3 is 5.32 Å². The van der Waals surface area contributed by atoms with E-state index >= 15 is 0 Å². The quantitative estimate of drug-likeness (QED) is 0.838. The zero-order valence-corrected chi connectivity index (χ0v) is 14.1. The standard InChI is InChI=1S/C13H18ClN5O2S/c1-13(11(20)18(2)12(21)15-13)8-4-3-5-19(6-8)7-9-10(14)22-17-16-9/h8H,3-7H2,1-2H3,(H,15,21)/t8-,13+/m0/s1. The van der Waals surface area contributed by atoms with Crippen molar-refractivity contribution in [3.05, 3.63) is 10.0 Å². The minimum atomic E-state index is -0.825. The van der Waals surface area contributed by atoms with E-state index in [0.29, 0.717) is 10.9 Å². The molecule has 120 valence electrons. The first-order valence-corrected chi connectivity index (χ1v) is 8.36. The lowest BCUT2D eigenvalue weighted by molar-refractivity contribution is -0.132. The van der Waals surface area contributed by atoms with Gasteiger partial charge in [-0.2, -0.15) is 0 Å². The second-order valence-electron chi connectivity index (χ2n) is 6.06. The van der Waals surface area contributed by atoms with Crippen molar-refractivity contribution in [1.29, 1.82) is 0 Å². The molecule has 1 N–H and O–H groups in total. The molecular weight excluding hydrogens is 326 g/mol. The lowest BCUT2D eigenvalue weighted by Gasteiger charge is -2.39. The summed E-state index contributed by atoms with van der Waals surface area (Å²) in [7, 11) is 1.52. The van der Waals surface area contributed by atoms with E-state index in [-0.39, 0.29) is 17.9 Å². The Labute approximate surface area is 137 Å². The fourth-order valence-corrected chi connectivity index (χ4v) is 3.86. The fourth-order valence-electron chi connectivity index (χ4n) is 3.25. The highest BCUT2D eigenvalue weighted by molar-refractivity contribution is 7.10. The van der Waals surface area contributed by atoms with Crippen LogP contribution < -0.4 is 5.32 Å². The second-order valence-corrected chi connectivity index (χ2v) is 7.42. The molecule has 1 aromatic heterocycles. The van der Waals surface area contributed by atoms with Crippen LogP contribution >= 0.6 is 23.1 Å². The first kappa shape index (κ1) is 15.6. The summed E-state index contributed by atoms with van der Waals surface area (Å²) in [5, 5.41) is 6.89. The average molecular weight is 344 g/mol. The van der Waals surface area contributed by atoms with E-state index in [9.17, 15) is 9.59 Å². The third kappa shape index (κ3) is 2.59.